The van der Waals surface area contributed by atoms with E-state index in [1.807, 2.05) is 49.7 Å². The maximum absolute atomic E-state index is 12.2. The molecule has 2 atom stereocenters. The summed E-state index contributed by atoms with van der Waals surface area (Å²) < 4.78 is 1.97. The topological polar surface area (TPSA) is 59.0 Å². The number of carbonyl (C=O) groups is 1. The lowest BCUT2D eigenvalue weighted by Crippen LogP contribution is -2.45. The molecule has 0 bridgehead atoms. The van der Waals surface area contributed by atoms with Crippen molar-refractivity contribution in [3.05, 3.63) is 51.8 Å². The molecule has 2 rings (SSSR count). The maximum Gasteiger partial charge on any atom is 0.237 e. The number of nitrogens with one attached hydrogen (secondary N) is 2. The Hall–Kier alpha value is -1.85. The van der Waals surface area contributed by atoms with Crippen molar-refractivity contribution in [3.63, 3.8) is 0 Å². The molecule has 0 fully saturated rings. The predicted molar refractivity (Wildman–Crippen MR) is 106 cm³/mol. The van der Waals surface area contributed by atoms with E-state index in [9.17, 15) is 4.79 Å². The van der Waals surface area contributed by atoms with E-state index in [4.69, 9.17) is 11.6 Å². The van der Waals surface area contributed by atoms with Crippen molar-refractivity contribution in [3.8, 4) is 0 Å². The number of aromatic nitrogens is 2. The Labute approximate surface area is 161 Å². The van der Waals surface area contributed by atoms with Gasteiger partial charge in [-0.15, -0.1) is 0 Å². The van der Waals surface area contributed by atoms with Gasteiger partial charge in [0.25, 0.3) is 0 Å². The number of aryl methyl sites for hydroxylation is 1. The Morgan fingerprint density at radius 1 is 1.27 bits per heavy atom. The molecule has 0 aliphatic carbocycles. The van der Waals surface area contributed by atoms with Crippen LogP contribution in [0.3, 0.4) is 0 Å². The molecule has 0 saturated heterocycles. The smallest absolute Gasteiger partial charge is 0.237 e. The van der Waals surface area contributed by atoms with Crippen LogP contribution in [0.2, 0.25) is 5.02 Å². The molecular weight excluding hydrogens is 348 g/mol. The number of nitrogens with zero attached hydrogens (tertiary/aromatic N) is 2. The molecule has 1 amide bonds. The monoisotopic (exact) mass is 376 g/mol. The van der Waals surface area contributed by atoms with Gasteiger partial charge in [-0.25, -0.2) is 0 Å². The first kappa shape index (κ1) is 20.5. The largest absolute Gasteiger partial charge is 0.352 e. The van der Waals surface area contributed by atoms with Crippen molar-refractivity contribution in [1.82, 2.24) is 20.4 Å². The zero-order chi connectivity index (χ0) is 19.3. The van der Waals surface area contributed by atoms with Gasteiger partial charge in [0.15, 0.2) is 0 Å². The molecule has 0 saturated carbocycles. The van der Waals surface area contributed by atoms with Crippen LogP contribution in [-0.2, 0) is 17.9 Å². The lowest BCUT2D eigenvalue weighted by Gasteiger charge is -2.17. The molecule has 0 aliphatic heterocycles. The van der Waals surface area contributed by atoms with Gasteiger partial charge in [0, 0.05) is 28.9 Å². The zero-order valence-electron chi connectivity index (χ0n) is 16.3. The lowest BCUT2D eigenvalue weighted by molar-refractivity contribution is -0.123. The molecule has 0 aliphatic rings. The Bertz CT molecular complexity index is 756. The van der Waals surface area contributed by atoms with Crippen LogP contribution in [0.15, 0.2) is 24.3 Å². The number of benzene rings is 1. The maximum atomic E-state index is 12.2. The van der Waals surface area contributed by atoms with E-state index in [0.29, 0.717) is 13.1 Å². The second kappa shape index (κ2) is 9.19. The molecule has 5 nitrogen and oxygen atoms in total. The molecule has 0 spiro atoms. The van der Waals surface area contributed by atoms with Gasteiger partial charge < -0.3 is 10.6 Å². The SMILES string of the molecule is CCC(C)NC(=O)C(C)NCc1c(C)nn(Cc2ccccc2Cl)c1C. The van der Waals surface area contributed by atoms with E-state index >= 15 is 0 Å². The molecule has 142 valence electrons. The molecule has 2 unspecified atom stereocenters. The first-order chi connectivity index (χ1) is 12.3. The molecule has 2 aromatic rings. The number of amides is 1. The second-order valence-corrected chi connectivity index (χ2v) is 7.23. The number of hydrogen-bond donors (Lipinski definition) is 2. The molecule has 6 heteroatoms. The summed E-state index contributed by atoms with van der Waals surface area (Å²) in [4.78, 5) is 12.2. The molecule has 0 radical (unpaired) electrons. The minimum atomic E-state index is -0.255. The predicted octanol–water partition coefficient (Wildman–Crippen LogP) is 3.59. The highest BCUT2D eigenvalue weighted by Gasteiger charge is 2.17. The number of carbonyl (C=O) groups excluding carboxylic acids is 1. The molecular formula is C20H29ClN4O. The summed E-state index contributed by atoms with van der Waals surface area (Å²) >= 11 is 6.27. The van der Waals surface area contributed by atoms with Crippen LogP contribution in [0, 0.1) is 13.8 Å². The van der Waals surface area contributed by atoms with Crippen molar-refractivity contribution in [2.75, 3.05) is 0 Å². The highest BCUT2D eigenvalue weighted by molar-refractivity contribution is 6.31. The molecule has 1 aromatic heterocycles. The van der Waals surface area contributed by atoms with Crippen molar-refractivity contribution >= 4 is 17.5 Å². The molecule has 1 aromatic carbocycles. The third kappa shape index (κ3) is 5.08. The van der Waals surface area contributed by atoms with Crippen molar-refractivity contribution in [2.45, 2.75) is 66.2 Å². The third-order valence-electron chi connectivity index (χ3n) is 4.79. The van der Waals surface area contributed by atoms with Gasteiger partial charge in [-0.1, -0.05) is 36.7 Å². The van der Waals surface area contributed by atoms with Crippen LogP contribution in [0.25, 0.3) is 0 Å². The zero-order valence-corrected chi connectivity index (χ0v) is 17.0. The van der Waals surface area contributed by atoms with Gasteiger partial charge in [0.1, 0.15) is 0 Å². The molecule has 2 N–H and O–H groups in total. The van der Waals surface area contributed by atoms with E-state index in [0.717, 1.165) is 34.0 Å². The minimum Gasteiger partial charge on any atom is -0.352 e. The summed E-state index contributed by atoms with van der Waals surface area (Å²) in [5.41, 5.74) is 4.22. The van der Waals surface area contributed by atoms with Crippen molar-refractivity contribution < 1.29 is 4.79 Å². The minimum absolute atomic E-state index is 0.0260. The van der Waals surface area contributed by atoms with Gasteiger partial charge in [-0.3, -0.25) is 9.48 Å². The highest BCUT2D eigenvalue weighted by atomic mass is 35.5. The van der Waals surface area contributed by atoms with Gasteiger partial charge in [-0.2, -0.15) is 5.10 Å². The summed E-state index contributed by atoms with van der Waals surface area (Å²) in [6.45, 7) is 11.2. The van der Waals surface area contributed by atoms with E-state index in [2.05, 4.69) is 29.6 Å². The van der Waals surface area contributed by atoms with Gasteiger partial charge in [-0.05, 0) is 45.7 Å². The summed E-state index contributed by atoms with van der Waals surface area (Å²) in [5.74, 6) is 0.0260. The van der Waals surface area contributed by atoms with Crippen LogP contribution in [0.5, 0.6) is 0 Å². The first-order valence-electron chi connectivity index (χ1n) is 9.13. The summed E-state index contributed by atoms with van der Waals surface area (Å²) in [5, 5.41) is 11.7. The molecule has 26 heavy (non-hydrogen) atoms. The quantitative estimate of drug-likeness (QED) is 0.740. The van der Waals surface area contributed by atoms with Crippen LogP contribution in [0.1, 0.15) is 49.7 Å². The Morgan fingerprint density at radius 2 is 1.96 bits per heavy atom. The number of hydrogen-bond acceptors (Lipinski definition) is 3. The molecule has 1 heterocycles. The lowest BCUT2D eigenvalue weighted by atomic mass is 10.1. The van der Waals surface area contributed by atoms with Gasteiger partial charge in [0.05, 0.1) is 18.3 Å². The van der Waals surface area contributed by atoms with Crippen molar-refractivity contribution in [1.29, 1.82) is 0 Å². The van der Waals surface area contributed by atoms with Crippen LogP contribution < -0.4 is 10.6 Å². The van der Waals surface area contributed by atoms with Crippen LogP contribution in [-0.4, -0.2) is 27.8 Å². The van der Waals surface area contributed by atoms with E-state index in [1.54, 1.807) is 0 Å². The fourth-order valence-electron chi connectivity index (χ4n) is 2.75. The first-order valence-corrected chi connectivity index (χ1v) is 9.51. The number of halogens is 1. The van der Waals surface area contributed by atoms with E-state index in [1.165, 1.54) is 0 Å². The van der Waals surface area contributed by atoms with Crippen molar-refractivity contribution in [2.24, 2.45) is 0 Å². The standard InChI is InChI=1S/C20H29ClN4O/c1-6-13(2)23-20(26)15(4)22-11-18-14(3)24-25(16(18)5)12-17-9-7-8-10-19(17)21/h7-10,13,15,22H,6,11-12H2,1-5H3,(H,23,26). The average Bonchev–Trinajstić information content (AvgIpc) is 2.88. The normalized spacial score (nSPS) is 13.5. The van der Waals surface area contributed by atoms with Gasteiger partial charge >= 0.3 is 0 Å². The Morgan fingerprint density at radius 3 is 2.62 bits per heavy atom. The third-order valence-corrected chi connectivity index (χ3v) is 5.16. The Kier molecular flexibility index (Phi) is 7.23. The van der Waals surface area contributed by atoms with Crippen LogP contribution >= 0.6 is 11.6 Å². The Balaban J connectivity index is 2.04. The van der Waals surface area contributed by atoms with E-state index < -0.39 is 0 Å². The fraction of sp³-hybridized carbons (Fsp3) is 0.500. The summed E-state index contributed by atoms with van der Waals surface area (Å²) in [6, 6.07) is 7.74. The van der Waals surface area contributed by atoms with Crippen LogP contribution in [0.4, 0.5) is 0 Å². The summed E-state index contributed by atoms with van der Waals surface area (Å²) in [7, 11) is 0. The highest BCUT2D eigenvalue weighted by Crippen LogP contribution is 2.19. The average molecular weight is 377 g/mol. The number of rotatable bonds is 8. The fourth-order valence-corrected chi connectivity index (χ4v) is 2.95. The van der Waals surface area contributed by atoms with Gasteiger partial charge in [0.2, 0.25) is 5.91 Å². The second-order valence-electron chi connectivity index (χ2n) is 6.82. The van der Waals surface area contributed by atoms with E-state index in [-0.39, 0.29) is 18.0 Å². The summed E-state index contributed by atoms with van der Waals surface area (Å²) in [6.07, 6.45) is 0.922.